The molecule has 0 aliphatic heterocycles. The summed E-state index contributed by atoms with van der Waals surface area (Å²) in [6, 6.07) is 5.13. The first-order valence-electron chi connectivity index (χ1n) is 7.65. The summed E-state index contributed by atoms with van der Waals surface area (Å²) in [6.07, 6.45) is 0. The largest absolute Gasteiger partial charge is 0.350 e. The number of hydrogen-bond donors (Lipinski definition) is 1. The molecule has 1 aromatic heterocycles. The molecule has 2 rings (SSSR count). The molecule has 0 radical (unpaired) electrons. The van der Waals surface area contributed by atoms with E-state index in [4.69, 9.17) is 0 Å². The van der Waals surface area contributed by atoms with E-state index in [1.165, 1.54) is 23.5 Å². The molecule has 1 N–H and O–H groups in total. The van der Waals surface area contributed by atoms with Gasteiger partial charge in [0.15, 0.2) is 0 Å². The van der Waals surface area contributed by atoms with Gasteiger partial charge in [-0.15, -0.1) is 11.3 Å². The summed E-state index contributed by atoms with van der Waals surface area (Å²) in [5, 5.41) is 3.80. The zero-order chi connectivity index (χ0) is 16.3. The molecule has 22 heavy (non-hydrogen) atoms. The first-order valence-corrected chi connectivity index (χ1v) is 8.46. The van der Waals surface area contributed by atoms with Crippen LogP contribution in [0.5, 0.6) is 0 Å². The van der Waals surface area contributed by atoms with Gasteiger partial charge in [0.05, 0.1) is 4.88 Å². The van der Waals surface area contributed by atoms with E-state index in [2.05, 4.69) is 31.0 Å². The second kappa shape index (κ2) is 7.20. The number of nitrogens with one attached hydrogen (secondary N) is 1. The third-order valence-electron chi connectivity index (χ3n) is 3.93. The normalized spacial score (nSPS) is 11.6. The van der Waals surface area contributed by atoms with Crippen molar-refractivity contribution in [1.29, 1.82) is 0 Å². The Morgan fingerprint density at radius 1 is 1.41 bits per heavy atom. The Labute approximate surface area is 135 Å². The highest BCUT2D eigenvalue weighted by Gasteiger charge is 2.16. The van der Waals surface area contributed by atoms with E-state index >= 15 is 0 Å². The van der Waals surface area contributed by atoms with Crippen molar-refractivity contribution < 1.29 is 9.18 Å². The third kappa shape index (κ3) is 3.65. The van der Waals surface area contributed by atoms with Crippen molar-refractivity contribution in [3.63, 3.8) is 0 Å². The monoisotopic (exact) mass is 322 g/mol. The Hall–Kier alpha value is -1.46. The van der Waals surface area contributed by atoms with Crippen LogP contribution in [0, 0.1) is 12.7 Å². The summed E-state index contributed by atoms with van der Waals surface area (Å²) < 4.78 is 14.3. The highest BCUT2D eigenvalue weighted by Crippen LogP contribution is 2.31. The van der Waals surface area contributed by atoms with Crippen LogP contribution < -0.4 is 5.32 Å². The second-order valence-corrected chi connectivity index (χ2v) is 6.73. The number of rotatable bonds is 6. The van der Waals surface area contributed by atoms with Crippen LogP contribution in [0.1, 0.15) is 36.0 Å². The molecule has 0 saturated heterocycles. The van der Waals surface area contributed by atoms with Crippen molar-refractivity contribution in [3.05, 3.63) is 34.5 Å². The number of hydrogen-bond acceptors (Lipinski definition) is 3. The van der Waals surface area contributed by atoms with E-state index in [-0.39, 0.29) is 11.7 Å². The van der Waals surface area contributed by atoms with Crippen LogP contribution in [0.3, 0.4) is 0 Å². The van der Waals surface area contributed by atoms with E-state index < -0.39 is 0 Å². The number of aryl methyl sites for hydroxylation is 1. The topological polar surface area (TPSA) is 32.3 Å². The number of likely N-dealkylation sites (N-methyl/N-ethyl adjacent to an activating group) is 1. The Balaban J connectivity index is 2.05. The van der Waals surface area contributed by atoms with Crippen LogP contribution in [0.15, 0.2) is 18.2 Å². The molecule has 0 spiro atoms. The Morgan fingerprint density at radius 2 is 2.14 bits per heavy atom. The van der Waals surface area contributed by atoms with Gasteiger partial charge in [-0.25, -0.2) is 4.39 Å². The molecule has 3 nitrogen and oxygen atoms in total. The molecule has 2 aromatic rings. The molecule has 0 unspecified atom stereocenters. The number of fused-ring (bicyclic) bond motifs is 1. The molecule has 1 heterocycles. The van der Waals surface area contributed by atoms with E-state index in [1.54, 1.807) is 6.07 Å². The number of amides is 1. The summed E-state index contributed by atoms with van der Waals surface area (Å²) in [4.78, 5) is 15.3. The molecule has 0 bridgehead atoms. The lowest BCUT2D eigenvalue weighted by molar-refractivity contribution is 0.0949. The van der Waals surface area contributed by atoms with E-state index in [0.29, 0.717) is 17.5 Å². The van der Waals surface area contributed by atoms with E-state index in [9.17, 15) is 9.18 Å². The quantitative estimate of drug-likeness (QED) is 0.877. The van der Waals surface area contributed by atoms with Gasteiger partial charge in [0.25, 0.3) is 5.91 Å². The summed E-state index contributed by atoms with van der Waals surface area (Å²) >= 11 is 1.42. The average molecular weight is 322 g/mol. The zero-order valence-electron chi connectivity index (χ0n) is 13.6. The first-order chi connectivity index (χ1) is 10.4. The molecule has 0 fully saturated rings. The molecule has 0 saturated carbocycles. The standard InChI is InChI=1S/C17H23FN2OS/c1-5-20(11(2)3)9-8-19-17(21)16-12(4)14-10-13(18)6-7-15(14)22-16/h6-7,10-11H,5,8-9H2,1-4H3,(H,19,21). The maximum Gasteiger partial charge on any atom is 0.261 e. The van der Waals surface area contributed by atoms with Crippen LogP contribution in [0.2, 0.25) is 0 Å². The summed E-state index contributed by atoms with van der Waals surface area (Å²) in [6.45, 7) is 10.7. The van der Waals surface area contributed by atoms with Gasteiger partial charge in [-0.3, -0.25) is 9.69 Å². The SMILES string of the molecule is CCN(CCNC(=O)c1sc2ccc(F)cc2c1C)C(C)C. The summed E-state index contributed by atoms with van der Waals surface area (Å²) in [5.74, 6) is -0.338. The smallest absolute Gasteiger partial charge is 0.261 e. The third-order valence-corrected chi connectivity index (χ3v) is 5.20. The lowest BCUT2D eigenvalue weighted by Crippen LogP contribution is -2.38. The van der Waals surface area contributed by atoms with Crippen molar-refractivity contribution in [2.45, 2.75) is 33.7 Å². The Bertz CT molecular complexity index is 666. The minimum atomic E-state index is -0.268. The van der Waals surface area contributed by atoms with Crippen molar-refractivity contribution in [2.75, 3.05) is 19.6 Å². The van der Waals surface area contributed by atoms with Gasteiger partial charge in [0.1, 0.15) is 5.82 Å². The zero-order valence-corrected chi connectivity index (χ0v) is 14.4. The van der Waals surface area contributed by atoms with Crippen LogP contribution in [0.25, 0.3) is 10.1 Å². The van der Waals surface area contributed by atoms with Crippen LogP contribution in [-0.4, -0.2) is 36.5 Å². The number of thiophene rings is 1. The van der Waals surface area contributed by atoms with Crippen molar-refractivity contribution >= 4 is 27.3 Å². The molecule has 5 heteroatoms. The highest BCUT2D eigenvalue weighted by atomic mass is 32.1. The summed E-state index contributed by atoms with van der Waals surface area (Å²) in [5.41, 5.74) is 0.855. The van der Waals surface area contributed by atoms with Crippen molar-refractivity contribution in [1.82, 2.24) is 10.2 Å². The van der Waals surface area contributed by atoms with Gasteiger partial charge in [-0.05, 0) is 56.5 Å². The number of carbonyl (C=O) groups is 1. The molecule has 0 aliphatic rings. The summed E-state index contributed by atoms with van der Waals surface area (Å²) in [7, 11) is 0. The minimum absolute atomic E-state index is 0.0704. The van der Waals surface area contributed by atoms with Gasteiger partial charge in [0, 0.05) is 23.8 Å². The Morgan fingerprint density at radius 3 is 2.77 bits per heavy atom. The number of nitrogens with zero attached hydrogens (tertiary/aromatic N) is 1. The van der Waals surface area contributed by atoms with Crippen LogP contribution in [0.4, 0.5) is 4.39 Å². The molecule has 1 aromatic carbocycles. The molecular weight excluding hydrogens is 299 g/mol. The molecule has 1 amide bonds. The van der Waals surface area contributed by atoms with Gasteiger partial charge in [-0.2, -0.15) is 0 Å². The Kier molecular flexibility index (Phi) is 5.53. The maximum absolute atomic E-state index is 13.3. The minimum Gasteiger partial charge on any atom is -0.350 e. The molecule has 0 atom stereocenters. The van der Waals surface area contributed by atoms with Crippen LogP contribution in [-0.2, 0) is 0 Å². The van der Waals surface area contributed by atoms with Gasteiger partial charge >= 0.3 is 0 Å². The maximum atomic E-state index is 13.3. The number of halogens is 1. The molecule has 0 aliphatic carbocycles. The molecular formula is C17H23FN2OS. The fourth-order valence-electron chi connectivity index (χ4n) is 2.58. The van der Waals surface area contributed by atoms with Gasteiger partial charge in [-0.1, -0.05) is 6.92 Å². The fraction of sp³-hybridized carbons (Fsp3) is 0.471. The van der Waals surface area contributed by atoms with Crippen molar-refractivity contribution in [2.24, 2.45) is 0 Å². The predicted molar refractivity (Wildman–Crippen MR) is 91.2 cm³/mol. The average Bonchev–Trinajstić information content (AvgIpc) is 2.80. The van der Waals surface area contributed by atoms with Gasteiger partial charge in [0.2, 0.25) is 0 Å². The van der Waals surface area contributed by atoms with E-state index in [0.717, 1.165) is 28.7 Å². The van der Waals surface area contributed by atoms with Crippen LogP contribution >= 0.6 is 11.3 Å². The van der Waals surface area contributed by atoms with Crippen molar-refractivity contribution in [3.8, 4) is 0 Å². The first kappa shape index (κ1) is 16.9. The number of benzene rings is 1. The highest BCUT2D eigenvalue weighted by molar-refractivity contribution is 7.21. The number of carbonyl (C=O) groups excluding carboxylic acids is 1. The predicted octanol–water partition coefficient (Wildman–Crippen LogP) is 3.81. The lowest BCUT2D eigenvalue weighted by atomic mass is 10.1. The fourth-order valence-corrected chi connectivity index (χ4v) is 3.69. The lowest BCUT2D eigenvalue weighted by Gasteiger charge is -2.24. The van der Waals surface area contributed by atoms with Gasteiger partial charge < -0.3 is 5.32 Å². The molecule has 120 valence electrons. The van der Waals surface area contributed by atoms with E-state index in [1.807, 2.05) is 6.92 Å². The second-order valence-electron chi connectivity index (χ2n) is 5.67.